The van der Waals surface area contributed by atoms with Crippen LogP contribution in [0.4, 0.5) is 52.7 Å². The number of halogens is 12. The molecule has 0 saturated heterocycles. The third kappa shape index (κ3) is 3.29. The maximum atomic E-state index is 12.6. The van der Waals surface area contributed by atoms with Crippen LogP contribution in [0.5, 0.6) is 0 Å². The van der Waals surface area contributed by atoms with E-state index in [4.69, 9.17) is 0 Å². The lowest BCUT2D eigenvalue weighted by atomic mass is 10.1. The molecule has 0 aliphatic rings. The fourth-order valence-corrected chi connectivity index (χ4v) is 1.49. The van der Waals surface area contributed by atoms with Crippen molar-refractivity contribution in [2.75, 3.05) is 0 Å². The van der Waals surface area contributed by atoms with E-state index >= 15 is 0 Å². The standard InChI is InChI=1S/C5F12O3S/c6-1(7,3(10,11)12)2(8,9)4(13,14)21(18,19)20-5(15,16)17. The summed E-state index contributed by atoms with van der Waals surface area (Å²) < 4.78 is 165. The number of hydrogen-bond donors (Lipinski definition) is 0. The van der Waals surface area contributed by atoms with E-state index in [-0.39, 0.29) is 0 Å². The first-order valence-corrected chi connectivity index (χ1v) is 5.33. The maximum absolute atomic E-state index is 12.6. The van der Waals surface area contributed by atoms with Crippen molar-refractivity contribution in [3.63, 3.8) is 0 Å². The van der Waals surface area contributed by atoms with E-state index in [0.29, 0.717) is 0 Å². The van der Waals surface area contributed by atoms with Crippen LogP contribution < -0.4 is 0 Å². The largest absolute Gasteiger partial charge is 0.537 e. The molecule has 0 saturated carbocycles. The number of rotatable bonds is 4. The van der Waals surface area contributed by atoms with Gasteiger partial charge < -0.3 is 0 Å². The van der Waals surface area contributed by atoms with E-state index in [9.17, 15) is 61.1 Å². The first kappa shape index (κ1) is 20.1. The lowest BCUT2D eigenvalue weighted by Gasteiger charge is -2.32. The third-order valence-electron chi connectivity index (χ3n) is 1.63. The average molecular weight is 368 g/mol. The lowest BCUT2D eigenvalue weighted by molar-refractivity contribution is -0.384. The van der Waals surface area contributed by atoms with Gasteiger partial charge in [-0.3, -0.25) is 0 Å². The lowest BCUT2D eigenvalue weighted by Crippen LogP contribution is -2.63. The minimum atomic E-state index is -7.91. The Morgan fingerprint density at radius 3 is 1.19 bits per heavy atom. The molecule has 128 valence electrons. The Labute approximate surface area is 106 Å². The summed E-state index contributed by atoms with van der Waals surface area (Å²) in [5, 5.41) is -7.53. The molecule has 16 heteroatoms. The van der Waals surface area contributed by atoms with Crippen molar-refractivity contribution in [3.05, 3.63) is 0 Å². The summed E-state index contributed by atoms with van der Waals surface area (Å²) in [6.07, 6.45) is -13.9. The van der Waals surface area contributed by atoms with E-state index < -0.39 is 39.8 Å². The second-order valence-corrected chi connectivity index (χ2v) is 4.73. The Balaban J connectivity index is 6.02. The topological polar surface area (TPSA) is 43.4 Å². The fourth-order valence-electron chi connectivity index (χ4n) is 0.694. The van der Waals surface area contributed by atoms with Crippen LogP contribution in [0.3, 0.4) is 0 Å². The van der Waals surface area contributed by atoms with Crippen LogP contribution in [0.2, 0.25) is 0 Å². The Bertz CT molecular complexity index is 484. The molecule has 21 heavy (non-hydrogen) atoms. The van der Waals surface area contributed by atoms with E-state index in [1.54, 1.807) is 0 Å². The van der Waals surface area contributed by atoms with Gasteiger partial charge in [0.05, 0.1) is 0 Å². The second-order valence-electron chi connectivity index (χ2n) is 3.15. The van der Waals surface area contributed by atoms with Gasteiger partial charge in [-0.15, -0.1) is 13.2 Å². The summed E-state index contributed by atoms with van der Waals surface area (Å²) in [5.41, 5.74) is 0. The van der Waals surface area contributed by atoms with Crippen molar-refractivity contribution in [2.24, 2.45) is 0 Å². The molecule has 3 nitrogen and oxygen atoms in total. The average Bonchev–Trinajstić information content (AvgIpc) is 2.10. The first-order chi connectivity index (χ1) is 8.71. The van der Waals surface area contributed by atoms with Gasteiger partial charge in [0.15, 0.2) is 0 Å². The van der Waals surface area contributed by atoms with E-state index in [1.807, 2.05) is 0 Å². The minimum Gasteiger partial charge on any atom is -0.192 e. The molecular weight excluding hydrogens is 368 g/mol. The molecule has 0 N–H and O–H groups in total. The molecule has 0 aromatic heterocycles. The van der Waals surface area contributed by atoms with Crippen molar-refractivity contribution in [3.8, 4) is 0 Å². The first-order valence-electron chi connectivity index (χ1n) is 3.93. The zero-order valence-corrected chi connectivity index (χ0v) is 9.49. The summed E-state index contributed by atoms with van der Waals surface area (Å²) in [5.74, 6) is -15.4. The van der Waals surface area contributed by atoms with E-state index in [0.717, 1.165) is 0 Å². The summed E-state index contributed by atoms with van der Waals surface area (Å²) in [6.45, 7) is 0. The smallest absolute Gasteiger partial charge is 0.192 e. The maximum Gasteiger partial charge on any atom is 0.537 e. The molecule has 0 aromatic carbocycles. The van der Waals surface area contributed by atoms with Crippen molar-refractivity contribution < 1.29 is 65.3 Å². The Morgan fingerprint density at radius 2 is 0.952 bits per heavy atom. The zero-order chi connectivity index (χ0) is 17.7. The molecular formula is C5F12O3S. The van der Waals surface area contributed by atoms with Crippen LogP contribution in [0.25, 0.3) is 0 Å². The van der Waals surface area contributed by atoms with Crippen molar-refractivity contribution >= 4 is 10.1 Å². The predicted octanol–water partition coefficient (Wildman–Crippen LogP) is 3.28. The molecule has 0 bridgehead atoms. The summed E-state index contributed by atoms with van der Waals surface area (Å²) in [6, 6.07) is 0. The highest BCUT2D eigenvalue weighted by atomic mass is 32.2. The number of hydrogen-bond acceptors (Lipinski definition) is 3. The SMILES string of the molecule is O=S(=O)(OC(F)(F)F)C(F)(F)C(F)(F)C(F)(F)C(F)(F)F. The molecule has 0 unspecified atom stereocenters. The molecule has 0 aromatic rings. The zero-order valence-electron chi connectivity index (χ0n) is 8.67. The van der Waals surface area contributed by atoms with Gasteiger partial charge >= 0.3 is 39.8 Å². The molecule has 0 atom stereocenters. The molecule has 0 aliphatic carbocycles. The highest BCUT2D eigenvalue weighted by Gasteiger charge is 2.86. The summed E-state index contributed by atoms with van der Waals surface area (Å²) in [4.78, 5) is 0. The van der Waals surface area contributed by atoms with Crippen LogP contribution in [-0.4, -0.2) is 38.1 Å². The van der Waals surface area contributed by atoms with E-state index in [1.165, 1.54) is 4.18 Å². The van der Waals surface area contributed by atoms with Gasteiger partial charge in [0, 0.05) is 0 Å². The van der Waals surface area contributed by atoms with E-state index in [2.05, 4.69) is 0 Å². The Hall–Kier alpha value is -0.930. The minimum absolute atomic E-state index is 1.53. The second kappa shape index (κ2) is 4.79. The third-order valence-corrected chi connectivity index (χ3v) is 2.93. The fraction of sp³-hybridized carbons (Fsp3) is 1.00. The van der Waals surface area contributed by atoms with Crippen LogP contribution in [0.15, 0.2) is 0 Å². The van der Waals surface area contributed by atoms with Crippen molar-refractivity contribution in [1.29, 1.82) is 0 Å². The summed E-state index contributed by atoms with van der Waals surface area (Å²) >= 11 is 0. The Morgan fingerprint density at radius 1 is 0.619 bits per heavy atom. The van der Waals surface area contributed by atoms with Gasteiger partial charge in [-0.1, -0.05) is 0 Å². The number of alkyl halides is 12. The monoisotopic (exact) mass is 368 g/mol. The predicted molar refractivity (Wildman–Crippen MR) is 37.0 cm³/mol. The van der Waals surface area contributed by atoms with Crippen LogP contribution >= 0.6 is 0 Å². The van der Waals surface area contributed by atoms with Gasteiger partial charge in [-0.05, 0) is 0 Å². The molecule has 0 heterocycles. The highest BCUT2D eigenvalue weighted by molar-refractivity contribution is 7.87. The van der Waals surface area contributed by atoms with Crippen LogP contribution in [0.1, 0.15) is 0 Å². The van der Waals surface area contributed by atoms with Gasteiger partial charge in [0.2, 0.25) is 0 Å². The van der Waals surface area contributed by atoms with Gasteiger partial charge in [0.1, 0.15) is 0 Å². The molecule has 0 rings (SSSR count). The highest BCUT2D eigenvalue weighted by Crippen LogP contribution is 2.55. The van der Waals surface area contributed by atoms with Gasteiger partial charge in [-0.2, -0.15) is 52.1 Å². The molecule has 0 spiro atoms. The molecule has 0 aliphatic heterocycles. The van der Waals surface area contributed by atoms with Crippen molar-refractivity contribution in [1.82, 2.24) is 0 Å². The molecule has 0 radical (unpaired) electrons. The molecule has 0 fully saturated rings. The molecule has 0 amide bonds. The summed E-state index contributed by atoms with van der Waals surface area (Å²) in [7, 11) is -7.91. The quantitative estimate of drug-likeness (QED) is 0.565. The van der Waals surface area contributed by atoms with Gasteiger partial charge in [0.25, 0.3) is 0 Å². The van der Waals surface area contributed by atoms with Gasteiger partial charge in [-0.25, -0.2) is 0 Å². The van der Waals surface area contributed by atoms with Crippen LogP contribution in [-0.2, 0) is 14.3 Å². The van der Waals surface area contributed by atoms with Crippen molar-refractivity contribution in [2.45, 2.75) is 29.6 Å². The normalized spacial score (nSPS) is 16.2. The van der Waals surface area contributed by atoms with Crippen LogP contribution in [0, 0.1) is 0 Å². The Kier molecular flexibility index (Phi) is 4.57.